The third kappa shape index (κ3) is 2.71. The van der Waals surface area contributed by atoms with Crippen LogP contribution in [0.2, 0.25) is 0 Å². The second-order valence-corrected chi connectivity index (χ2v) is 2.90. The fourth-order valence-corrected chi connectivity index (χ4v) is 0.882. The Balaban J connectivity index is 5.53. The average Bonchev–Trinajstić information content (AvgIpc) is 2.12. The first-order chi connectivity index (χ1) is 7.39. The minimum Gasteiger partial charge on any atom is -0.463 e. The maximum Gasteiger partial charge on any atom is 0.435 e. The van der Waals surface area contributed by atoms with Gasteiger partial charge in [-0.15, -0.1) is 0 Å². The number of aliphatic hydroxyl groups is 1. The highest BCUT2D eigenvalue weighted by atomic mass is 19.4. The third-order valence-corrected chi connectivity index (χ3v) is 1.74. The minimum atomic E-state index is -6.23. The van der Waals surface area contributed by atoms with Crippen LogP contribution in [0.25, 0.3) is 0 Å². The summed E-state index contributed by atoms with van der Waals surface area (Å²) in [4.78, 5) is 10.8. The number of halogens is 6. The summed E-state index contributed by atoms with van der Waals surface area (Å²) in [5, 5.41) is 7.96. The average molecular weight is 266 g/mol. The van der Waals surface area contributed by atoms with Crippen molar-refractivity contribution in [3.63, 3.8) is 0 Å². The summed E-state index contributed by atoms with van der Waals surface area (Å²) in [6.07, 6.45) is -12.1. The maximum absolute atomic E-state index is 13.2. The van der Waals surface area contributed by atoms with Crippen molar-refractivity contribution in [2.75, 3.05) is 6.61 Å². The number of ether oxygens (including phenoxy) is 1. The topological polar surface area (TPSA) is 46.5 Å². The number of hydrogen-bond donors (Lipinski definition) is 1. The summed E-state index contributed by atoms with van der Waals surface area (Å²) < 4.78 is 78.3. The Labute approximate surface area is 91.7 Å². The van der Waals surface area contributed by atoms with Gasteiger partial charge in [0.15, 0.2) is 0 Å². The molecule has 0 radical (unpaired) electrons. The van der Waals surface area contributed by atoms with Gasteiger partial charge in [0.25, 0.3) is 0 Å². The van der Waals surface area contributed by atoms with Crippen molar-refractivity contribution in [3.05, 3.63) is 12.2 Å². The van der Waals surface area contributed by atoms with E-state index in [9.17, 15) is 31.1 Å². The van der Waals surface area contributed by atoms with E-state index in [0.717, 1.165) is 6.92 Å². The van der Waals surface area contributed by atoms with Crippen LogP contribution in [0.5, 0.6) is 0 Å². The van der Waals surface area contributed by atoms with Crippen LogP contribution in [-0.4, -0.2) is 35.6 Å². The van der Waals surface area contributed by atoms with Crippen LogP contribution in [0.3, 0.4) is 0 Å². The van der Waals surface area contributed by atoms with E-state index in [1.807, 2.05) is 0 Å². The Morgan fingerprint density at radius 2 is 1.65 bits per heavy atom. The van der Waals surface area contributed by atoms with Gasteiger partial charge in [-0.1, -0.05) is 6.58 Å². The van der Waals surface area contributed by atoms with E-state index >= 15 is 0 Å². The van der Waals surface area contributed by atoms with E-state index in [-0.39, 0.29) is 0 Å². The molecule has 0 saturated heterocycles. The molecule has 0 spiro atoms. The van der Waals surface area contributed by atoms with Gasteiger partial charge in [0.2, 0.25) is 0 Å². The van der Waals surface area contributed by atoms with E-state index < -0.39 is 36.1 Å². The van der Waals surface area contributed by atoms with Gasteiger partial charge in [0.05, 0.1) is 12.2 Å². The number of carbonyl (C=O) groups is 1. The molecule has 0 aliphatic rings. The molecular weight excluding hydrogens is 258 g/mol. The molecule has 0 aliphatic heterocycles. The largest absolute Gasteiger partial charge is 0.463 e. The monoisotopic (exact) mass is 266 g/mol. The quantitative estimate of drug-likeness (QED) is 0.480. The zero-order chi connectivity index (χ0) is 14.1. The fraction of sp³-hybridized carbons (Fsp3) is 0.625. The first-order valence-electron chi connectivity index (χ1n) is 4.12. The number of carbonyl (C=O) groups excluding carboxylic acids is 1. The molecule has 0 aromatic carbocycles. The Morgan fingerprint density at radius 1 is 1.24 bits per heavy atom. The van der Waals surface area contributed by atoms with Crippen LogP contribution >= 0.6 is 0 Å². The van der Waals surface area contributed by atoms with Crippen LogP contribution in [-0.2, 0) is 9.53 Å². The minimum absolute atomic E-state index is 0.469. The zero-order valence-electron chi connectivity index (χ0n) is 8.45. The summed E-state index contributed by atoms with van der Waals surface area (Å²) in [7, 11) is 0. The molecule has 0 aliphatic carbocycles. The summed E-state index contributed by atoms with van der Waals surface area (Å²) in [5.74, 6) is -2.01. The standard InChI is InChI=1S/C8H8F6O3/c1-3-17-5(15)4(2)6(9,7(10,11)12)8(13,14)16/h16H,2-3H2,1H3. The molecule has 0 heterocycles. The van der Waals surface area contributed by atoms with E-state index in [0.29, 0.717) is 0 Å². The highest BCUT2D eigenvalue weighted by Gasteiger charge is 2.74. The van der Waals surface area contributed by atoms with Gasteiger partial charge in [-0.25, -0.2) is 9.18 Å². The van der Waals surface area contributed by atoms with Crippen LogP contribution in [0.4, 0.5) is 26.3 Å². The van der Waals surface area contributed by atoms with Crippen molar-refractivity contribution in [2.24, 2.45) is 0 Å². The van der Waals surface area contributed by atoms with Crippen LogP contribution in [0.15, 0.2) is 12.2 Å². The number of alkyl halides is 6. The Morgan fingerprint density at radius 3 is 1.88 bits per heavy atom. The van der Waals surface area contributed by atoms with Gasteiger partial charge < -0.3 is 9.84 Å². The summed E-state index contributed by atoms with van der Waals surface area (Å²) in [5.41, 5.74) is -7.81. The fourth-order valence-electron chi connectivity index (χ4n) is 0.882. The first kappa shape index (κ1) is 15.8. The van der Waals surface area contributed by atoms with E-state index in [1.54, 1.807) is 0 Å². The predicted octanol–water partition coefficient (Wildman–Crippen LogP) is 1.96. The van der Waals surface area contributed by atoms with Gasteiger partial charge in [0.1, 0.15) is 0 Å². The lowest BCUT2D eigenvalue weighted by Gasteiger charge is -2.31. The molecule has 0 amide bonds. The van der Waals surface area contributed by atoms with Crippen molar-refractivity contribution in [2.45, 2.75) is 24.9 Å². The van der Waals surface area contributed by atoms with Crippen molar-refractivity contribution < 1.29 is 41.0 Å². The van der Waals surface area contributed by atoms with Gasteiger partial charge in [-0.05, 0) is 6.92 Å². The second-order valence-electron chi connectivity index (χ2n) is 2.90. The SMILES string of the molecule is C=C(C(=O)OCC)C(F)(C(O)(F)F)C(F)(F)F. The Kier molecular flexibility index (Phi) is 4.22. The molecule has 0 bridgehead atoms. The lowest BCUT2D eigenvalue weighted by molar-refractivity contribution is -0.354. The maximum atomic E-state index is 13.2. The summed E-state index contributed by atoms with van der Waals surface area (Å²) in [6.45, 7) is 2.96. The number of rotatable bonds is 4. The summed E-state index contributed by atoms with van der Waals surface area (Å²) >= 11 is 0. The van der Waals surface area contributed by atoms with Gasteiger partial charge >= 0.3 is 23.9 Å². The molecule has 9 heteroatoms. The molecule has 100 valence electrons. The second kappa shape index (κ2) is 4.55. The van der Waals surface area contributed by atoms with Crippen molar-refractivity contribution in [1.82, 2.24) is 0 Å². The van der Waals surface area contributed by atoms with E-state index in [4.69, 9.17) is 5.11 Å². The van der Waals surface area contributed by atoms with Gasteiger partial charge in [-0.3, -0.25) is 0 Å². The van der Waals surface area contributed by atoms with Crippen LogP contribution < -0.4 is 0 Å². The molecule has 0 saturated carbocycles. The smallest absolute Gasteiger partial charge is 0.435 e. The van der Waals surface area contributed by atoms with Crippen LogP contribution in [0.1, 0.15) is 6.92 Å². The molecule has 0 aromatic heterocycles. The molecule has 1 atom stereocenters. The molecule has 17 heavy (non-hydrogen) atoms. The molecule has 0 aromatic rings. The molecule has 0 rings (SSSR count). The molecule has 0 fully saturated rings. The molecule has 1 unspecified atom stereocenters. The van der Waals surface area contributed by atoms with Gasteiger partial charge in [0, 0.05) is 0 Å². The Hall–Kier alpha value is -1.25. The van der Waals surface area contributed by atoms with Crippen molar-refractivity contribution in [3.8, 4) is 0 Å². The van der Waals surface area contributed by atoms with Crippen LogP contribution in [0, 0.1) is 0 Å². The van der Waals surface area contributed by atoms with Crippen molar-refractivity contribution >= 4 is 5.97 Å². The summed E-state index contributed by atoms with van der Waals surface area (Å²) in [6, 6.07) is 0. The first-order valence-corrected chi connectivity index (χ1v) is 4.12. The third-order valence-electron chi connectivity index (χ3n) is 1.74. The van der Waals surface area contributed by atoms with E-state index in [2.05, 4.69) is 11.3 Å². The zero-order valence-corrected chi connectivity index (χ0v) is 8.45. The molecular formula is C8H8F6O3. The number of esters is 1. The number of hydrogen-bond acceptors (Lipinski definition) is 3. The molecule has 3 nitrogen and oxygen atoms in total. The molecule has 1 N–H and O–H groups in total. The van der Waals surface area contributed by atoms with E-state index in [1.165, 1.54) is 0 Å². The highest BCUT2D eigenvalue weighted by molar-refractivity contribution is 5.90. The lowest BCUT2D eigenvalue weighted by Crippen LogP contribution is -2.58. The lowest BCUT2D eigenvalue weighted by atomic mass is 9.94. The predicted molar refractivity (Wildman–Crippen MR) is 42.8 cm³/mol. The Bertz CT molecular complexity index is 302. The van der Waals surface area contributed by atoms with Crippen molar-refractivity contribution in [1.29, 1.82) is 0 Å². The highest BCUT2D eigenvalue weighted by Crippen LogP contribution is 2.48. The van der Waals surface area contributed by atoms with Gasteiger partial charge in [-0.2, -0.15) is 22.0 Å². The normalized spacial score (nSPS) is 16.2.